The fraction of sp³-hybridized carbons (Fsp3) is 0.386. The number of aliphatic hydroxyl groups is 1. The van der Waals surface area contributed by atoms with Crippen LogP contribution in [0.3, 0.4) is 0 Å². The lowest BCUT2D eigenvalue weighted by atomic mass is 9.83. The van der Waals surface area contributed by atoms with Crippen molar-refractivity contribution in [2.45, 2.75) is 71.4 Å². The van der Waals surface area contributed by atoms with E-state index in [0.717, 1.165) is 35.9 Å². The Morgan fingerprint density at radius 2 is 1.47 bits per heavy atom. The maximum atomic E-state index is 15.1. The van der Waals surface area contributed by atoms with Crippen molar-refractivity contribution in [2.75, 3.05) is 32.8 Å². The van der Waals surface area contributed by atoms with Gasteiger partial charge in [-0.1, -0.05) is 51.1 Å². The number of aliphatic carboxylic acids is 1. The van der Waals surface area contributed by atoms with Crippen LogP contribution in [0.15, 0.2) is 72.9 Å². The molecule has 0 fully saturated rings. The maximum Gasteiger partial charge on any atom is 0.490 e. The number of primary amides is 1. The van der Waals surface area contributed by atoms with Crippen LogP contribution < -0.4 is 27.0 Å². The highest BCUT2D eigenvalue weighted by Crippen LogP contribution is 2.41. The molecule has 0 spiro atoms. The van der Waals surface area contributed by atoms with Gasteiger partial charge in [0.2, 0.25) is 35.4 Å². The number of rotatable bonds is 20. The molecule has 2 heterocycles. The Hall–Kier alpha value is -7.50. The normalized spacial score (nSPS) is 13.6. The third kappa shape index (κ3) is 16.4. The van der Waals surface area contributed by atoms with E-state index in [2.05, 4.69) is 21.3 Å². The number of amides is 8. The second-order valence-corrected chi connectivity index (χ2v) is 16.2. The second-order valence-electron chi connectivity index (χ2n) is 16.2. The van der Waals surface area contributed by atoms with Gasteiger partial charge in [-0.15, -0.1) is 0 Å². The number of carbonyl (C=O) groups is 9. The van der Waals surface area contributed by atoms with Gasteiger partial charge in [-0.2, -0.15) is 13.2 Å². The number of hydrogen-bond acceptors (Lipinski definition) is 10. The van der Waals surface area contributed by atoms with E-state index in [1.807, 2.05) is 55.7 Å². The van der Waals surface area contributed by atoms with Crippen molar-refractivity contribution in [3.8, 4) is 11.1 Å². The van der Waals surface area contributed by atoms with Gasteiger partial charge in [-0.25, -0.2) is 13.6 Å². The average molecular weight is 963 g/mol. The quantitative estimate of drug-likeness (QED) is 0.0484. The van der Waals surface area contributed by atoms with E-state index < -0.39 is 121 Å². The highest BCUT2D eigenvalue weighted by atomic mass is 19.4. The van der Waals surface area contributed by atoms with Crippen molar-refractivity contribution in [1.82, 2.24) is 35.6 Å². The van der Waals surface area contributed by atoms with Crippen molar-refractivity contribution in [2.24, 2.45) is 11.1 Å². The van der Waals surface area contributed by atoms with Crippen LogP contribution in [0.5, 0.6) is 0 Å². The Kier molecular flexibility index (Phi) is 19.6. The molecule has 1 aliphatic rings. The summed E-state index contributed by atoms with van der Waals surface area (Å²) in [5.41, 5.74) is 6.51. The molecule has 4 rings (SSSR count). The summed E-state index contributed by atoms with van der Waals surface area (Å²) in [7, 11) is 0. The lowest BCUT2D eigenvalue weighted by Crippen LogP contribution is -2.55. The molecule has 0 aliphatic carbocycles. The molecule has 368 valence electrons. The van der Waals surface area contributed by atoms with Gasteiger partial charge in [0.25, 0.3) is 11.8 Å². The number of carbonyl (C=O) groups excluding carboxylic acids is 8. The minimum Gasteiger partial charge on any atom is -0.475 e. The number of imide groups is 1. The van der Waals surface area contributed by atoms with Gasteiger partial charge >= 0.3 is 12.1 Å². The first-order valence-corrected chi connectivity index (χ1v) is 20.6. The molecule has 8 amide bonds. The number of alkyl halides is 3. The standard InChI is InChI=1S/C42H50F2N8O9.C2HF3O2/c1-25(48-34(55)20-47-35(56)23-52-36(57)13-14-37(52)58)40(60)49-31(19-33(45)54)41(61)46-15-8-16-51(38(59)24-53)39(42(2,3)4)32-17-27(29-18-28(43)11-12-30(29)44)22-50(32)21-26-9-6-5-7-10-26;3-2(4,5)1(6)7/h5-7,9-14,17-18,22,25,31,39,53H,8,15-16,19-21,23-24H2,1-4H3,(H2,45,54)(H,46,61)(H,47,56)(H,48,55)(H,49,60);(H,6,7)/t25?,31-,39?;/m0./s1. The molecule has 24 heteroatoms. The Balaban J connectivity index is 0.00000162. The molecular formula is C44H51F5N8O11. The van der Waals surface area contributed by atoms with Crippen LogP contribution in [0, 0.1) is 17.0 Å². The van der Waals surface area contributed by atoms with Crippen molar-refractivity contribution in [3.05, 3.63) is 95.8 Å². The molecule has 1 aliphatic heterocycles. The van der Waals surface area contributed by atoms with Gasteiger partial charge < -0.3 is 46.7 Å². The summed E-state index contributed by atoms with van der Waals surface area (Å²) in [6.07, 6.45) is -1.88. The SMILES string of the molecule is CC(NC(=O)CNC(=O)CN1C(=O)C=CC1=O)C(=O)N[C@@H](CC(N)=O)C(=O)NCCCN(C(=O)CO)C(c1cc(-c2cc(F)ccc2F)cn1Cc1ccccc1)C(C)(C)C.O=C(O)C(F)(F)F. The third-order valence-electron chi connectivity index (χ3n) is 9.81. The molecule has 8 N–H and O–H groups in total. The van der Waals surface area contributed by atoms with Gasteiger partial charge in [0.1, 0.15) is 36.9 Å². The van der Waals surface area contributed by atoms with Crippen molar-refractivity contribution in [3.63, 3.8) is 0 Å². The largest absolute Gasteiger partial charge is 0.490 e. The lowest BCUT2D eigenvalue weighted by molar-refractivity contribution is -0.192. The molecule has 68 heavy (non-hydrogen) atoms. The fourth-order valence-corrected chi connectivity index (χ4v) is 6.72. The summed E-state index contributed by atoms with van der Waals surface area (Å²) < 4.78 is 63.0. The lowest BCUT2D eigenvalue weighted by Gasteiger charge is -2.41. The topological polar surface area (TPSA) is 280 Å². The Morgan fingerprint density at radius 3 is 2.03 bits per heavy atom. The van der Waals surface area contributed by atoms with E-state index in [0.29, 0.717) is 22.7 Å². The second kappa shape index (κ2) is 24.3. The Morgan fingerprint density at radius 1 is 0.853 bits per heavy atom. The molecule has 0 radical (unpaired) electrons. The fourth-order valence-electron chi connectivity index (χ4n) is 6.72. The predicted molar refractivity (Wildman–Crippen MR) is 230 cm³/mol. The number of hydrogen-bond donors (Lipinski definition) is 7. The number of nitrogens with one attached hydrogen (secondary N) is 4. The number of benzene rings is 2. The van der Waals surface area contributed by atoms with Gasteiger partial charge in [-0.3, -0.25) is 43.3 Å². The molecule has 0 bridgehead atoms. The number of halogens is 5. The highest BCUT2D eigenvalue weighted by Gasteiger charge is 2.39. The predicted octanol–water partition coefficient (Wildman–Crippen LogP) is 1.44. The third-order valence-corrected chi connectivity index (χ3v) is 9.81. The van der Waals surface area contributed by atoms with Crippen LogP contribution in [0.1, 0.15) is 57.8 Å². The number of nitrogens with zero attached hydrogens (tertiary/aromatic N) is 3. The van der Waals surface area contributed by atoms with Crippen molar-refractivity contribution < 1.29 is 75.3 Å². The van der Waals surface area contributed by atoms with Crippen LogP contribution in [0.25, 0.3) is 11.1 Å². The van der Waals surface area contributed by atoms with Gasteiger partial charge in [0, 0.05) is 54.8 Å². The summed E-state index contributed by atoms with van der Waals surface area (Å²) in [5, 5.41) is 26.8. The molecule has 1 aromatic heterocycles. The van der Waals surface area contributed by atoms with Crippen LogP contribution >= 0.6 is 0 Å². The van der Waals surface area contributed by atoms with Crippen LogP contribution in [-0.2, 0) is 49.7 Å². The molecule has 2 aromatic carbocycles. The summed E-state index contributed by atoms with van der Waals surface area (Å²) in [6, 6.07) is 10.7. The smallest absolute Gasteiger partial charge is 0.475 e. The Bertz CT molecular complexity index is 2370. The molecular weight excluding hydrogens is 912 g/mol. The zero-order valence-electron chi connectivity index (χ0n) is 37.2. The summed E-state index contributed by atoms with van der Waals surface area (Å²) in [5.74, 6) is -10.3. The first-order valence-electron chi connectivity index (χ1n) is 20.6. The maximum absolute atomic E-state index is 15.1. The van der Waals surface area contributed by atoms with Crippen molar-refractivity contribution >= 4 is 53.2 Å². The average Bonchev–Trinajstić information content (AvgIpc) is 3.80. The minimum absolute atomic E-state index is 0.00420. The Labute approximate surface area is 385 Å². The summed E-state index contributed by atoms with van der Waals surface area (Å²) in [4.78, 5) is 111. The van der Waals surface area contributed by atoms with Gasteiger partial charge in [-0.05, 0) is 48.6 Å². The molecule has 3 aromatic rings. The molecule has 2 unspecified atom stereocenters. The number of carboxylic acids is 1. The number of aromatic nitrogens is 1. The molecule has 19 nitrogen and oxygen atoms in total. The first kappa shape index (κ1) is 54.8. The van der Waals surface area contributed by atoms with E-state index in [1.165, 1.54) is 11.8 Å². The van der Waals surface area contributed by atoms with Gasteiger partial charge in [0.15, 0.2) is 0 Å². The van der Waals surface area contributed by atoms with E-state index in [1.54, 1.807) is 12.3 Å². The number of carboxylic acid groups (broad SMARTS) is 1. The summed E-state index contributed by atoms with van der Waals surface area (Å²) in [6.45, 7) is 5.10. The number of nitrogens with two attached hydrogens (primary N) is 1. The minimum atomic E-state index is -5.08. The van der Waals surface area contributed by atoms with E-state index in [9.17, 15) is 61.0 Å². The van der Waals surface area contributed by atoms with E-state index in [-0.39, 0.29) is 25.1 Å². The first-order chi connectivity index (χ1) is 31.7. The highest BCUT2D eigenvalue weighted by molar-refractivity contribution is 6.14. The monoisotopic (exact) mass is 962 g/mol. The number of aliphatic hydroxyl groups excluding tert-OH is 1. The zero-order chi connectivity index (χ0) is 51.1. The van der Waals surface area contributed by atoms with Crippen molar-refractivity contribution in [1.29, 1.82) is 0 Å². The van der Waals surface area contributed by atoms with Crippen LogP contribution in [0.4, 0.5) is 22.0 Å². The molecule has 3 atom stereocenters. The van der Waals surface area contributed by atoms with E-state index >= 15 is 4.39 Å². The molecule has 0 saturated heterocycles. The van der Waals surface area contributed by atoms with Gasteiger partial charge in [0.05, 0.1) is 19.0 Å². The molecule has 0 saturated carbocycles. The zero-order valence-corrected chi connectivity index (χ0v) is 37.2. The van der Waals surface area contributed by atoms with Crippen LogP contribution in [-0.4, -0.2) is 129 Å². The van der Waals surface area contributed by atoms with E-state index in [4.69, 9.17) is 15.6 Å². The van der Waals surface area contributed by atoms with Crippen LogP contribution in [0.2, 0.25) is 0 Å². The summed E-state index contributed by atoms with van der Waals surface area (Å²) >= 11 is 0.